The molecule has 1 aromatic carbocycles. The minimum Gasteiger partial charge on any atom is -0.463 e. The van der Waals surface area contributed by atoms with Crippen LogP contribution in [0.25, 0.3) is 17.1 Å². The molecule has 0 atom stereocenters. The summed E-state index contributed by atoms with van der Waals surface area (Å²) < 4.78 is 47.1. The number of rotatable bonds is 2. The number of fused-ring (bicyclic) bond motifs is 1. The summed E-state index contributed by atoms with van der Waals surface area (Å²) in [6.07, 6.45) is -0.278. The van der Waals surface area contributed by atoms with Gasteiger partial charge in [-0.1, -0.05) is 12.1 Å². The number of alkyl halides is 3. The zero-order valence-corrected chi connectivity index (χ0v) is 13.3. The molecule has 0 amide bonds. The highest BCUT2D eigenvalue weighted by Gasteiger charge is 2.35. The molecular formula is C18H16F3N3O. The summed E-state index contributed by atoms with van der Waals surface area (Å²) in [7, 11) is 0. The molecule has 25 heavy (non-hydrogen) atoms. The number of furan rings is 1. The van der Waals surface area contributed by atoms with Crippen molar-refractivity contribution in [2.24, 2.45) is 0 Å². The molecule has 0 fully saturated rings. The predicted molar refractivity (Wildman–Crippen MR) is 87.7 cm³/mol. The first-order valence-corrected chi connectivity index (χ1v) is 8.12. The maximum atomic E-state index is 13.4. The van der Waals surface area contributed by atoms with Crippen molar-refractivity contribution in [3.63, 3.8) is 0 Å². The molecule has 3 aromatic rings. The molecule has 0 aliphatic carbocycles. The van der Waals surface area contributed by atoms with Crippen LogP contribution >= 0.6 is 0 Å². The second-order valence-electron chi connectivity index (χ2n) is 5.96. The quantitative estimate of drug-likeness (QED) is 0.717. The smallest absolute Gasteiger partial charge is 0.418 e. The van der Waals surface area contributed by atoms with Gasteiger partial charge in [-0.15, -0.1) is 0 Å². The Morgan fingerprint density at radius 3 is 2.68 bits per heavy atom. The van der Waals surface area contributed by atoms with Crippen molar-refractivity contribution in [1.29, 1.82) is 0 Å². The van der Waals surface area contributed by atoms with Gasteiger partial charge in [0.15, 0.2) is 5.76 Å². The van der Waals surface area contributed by atoms with Gasteiger partial charge < -0.3 is 9.73 Å². The Balaban J connectivity index is 1.95. The largest absolute Gasteiger partial charge is 0.463 e. The van der Waals surface area contributed by atoms with Gasteiger partial charge in [0, 0.05) is 12.1 Å². The average Bonchev–Trinajstić information content (AvgIpc) is 3.16. The van der Waals surface area contributed by atoms with Crippen LogP contribution in [0.3, 0.4) is 0 Å². The van der Waals surface area contributed by atoms with E-state index in [-0.39, 0.29) is 5.69 Å². The van der Waals surface area contributed by atoms with E-state index >= 15 is 0 Å². The Morgan fingerprint density at radius 2 is 1.92 bits per heavy atom. The second kappa shape index (κ2) is 5.98. The maximum absolute atomic E-state index is 13.4. The predicted octanol–water partition coefficient (Wildman–Crippen LogP) is 4.90. The molecule has 1 N–H and O–H groups in total. The van der Waals surface area contributed by atoms with Gasteiger partial charge in [0.25, 0.3) is 0 Å². The van der Waals surface area contributed by atoms with Crippen LogP contribution in [-0.2, 0) is 12.6 Å². The van der Waals surface area contributed by atoms with E-state index in [2.05, 4.69) is 10.4 Å². The van der Waals surface area contributed by atoms with Crippen molar-refractivity contribution in [2.75, 3.05) is 11.9 Å². The van der Waals surface area contributed by atoms with Gasteiger partial charge in [0.2, 0.25) is 0 Å². The lowest BCUT2D eigenvalue weighted by Gasteiger charge is -2.15. The zero-order valence-electron chi connectivity index (χ0n) is 13.3. The summed E-state index contributed by atoms with van der Waals surface area (Å²) >= 11 is 0. The van der Waals surface area contributed by atoms with E-state index in [0.29, 0.717) is 23.8 Å². The Bertz CT molecular complexity index is 882. The molecule has 0 unspecified atom stereocenters. The van der Waals surface area contributed by atoms with Gasteiger partial charge in [-0.2, -0.15) is 18.3 Å². The zero-order chi connectivity index (χ0) is 17.4. The fourth-order valence-electron chi connectivity index (χ4n) is 3.19. The van der Waals surface area contributed by atoms with Crippen LogP contribution in [0.1, 0.15) is 24.0 Å². The minimum atomic E-state index is -4.45. The first-order chi connectivity index (χ1) is 12.1. The number of hydrogen-bond donors (Lipinski definition) is 1. The van der Waals surface area contributed by atoms with E-state index in [9.17, 15) is 13.2 Å². The van der Waals surface area contributed by atoms with Crippen molar-refractivity contribution in [3.05, 3.63) is 53.8 Å². The molecule has 0 saturated carbocycles. The third kappa shape index (κ3) is 2.79. The molecule has 0 spiro atoms. The summed E-state index contributed by atoms with van der Waals surface area (Å²) in [5, 5.41) is 7.73. The van der Waals surface area contributed by atoms with Crippen molar-refractivity contribution >= 4 is 5.82 Å². The van der Waals surface area contributed by atoms with E-state index in [4.69, 9.17) is 4.42 Å². The highest BCUT2D eigenvalue weighted by molar-refractivity contribution is 5.68. The fraction of sp³-hybridized carbons (Fsp3) is 0.278. The summed E-state index contributed by atoms with van der Waals surface area (Å²) in [4.78, 5) is 0. The highest BCUT2D eigenvalue weighted by atomic mass is 19.4. The number of halogens is 3. The summed E-state index contributed by atoms with van der Waals surface area (Å²) in [5.41, 5.74) is 0.784. The van der Waals surface area contributed by atoms with E-state index in [0.717, 1.165) is 30.9 Å². The fourth-order valence-corrected chi connectivity index (χ4v) is 3.19. The summed E-state index contributed by atoms with van der Waals surface area (Å²) in [6, 6.07) is 9.00. The second-order valence-corrected chi connectivity index (χ2v) is 5.96. The maximum Gasteiger partial charge on any atom is 0.418 e. The lowest BCUT2D eigenvalue weighted by Crippen LogP contribution is -2.14. The lowest BCUT2D eigenvalue weighted by atomic mass is 10.1. The monoisotopic (exact) mass is 347 g/mol. The van der Waals surface area contributed by atoms with Crippen LogP contribution in [-0.4, -0.2) is 16.3 Å². The van der Waals surface area contributed by atoms with E-state index in [1.807, 2.05) is 0 Å². The first-order valence-electron chi connectivity index (χ1n) is 8.12. The molecule has 0 radical (unpaired) electrons. The van der Waals surface area contributed by atoms with Crippen LogP contribution in [0.5, 0.6) is 0 Å². The minimum absolute atomic E-state index is 0.0125. The molecule has 4 rings (SSSR count). The van der Waals surface area contributed by atoms with Gasteiger partial charge in [0.1, 0.15) is 11.5 Å². The van der Waals surface area contributed by atoms with Gasteiger partial charge in [-0.05, 0) is 43.5 Å². The molecule has 0 saturated heterocycles. The van der Waals surface area contributed by atoms with Crippen molar-refractivity contribution in [1.82, 2.24) is 9.78 Å². The van der Waals surface area contributed by atoms with E-state index in [1.54, 1.807) is 18.2 Å². The van der Waals surface area contributed by atoms with E-state index in [1.165, 1.54) is 23.1 Å². The van der Waals surface area contributed by atoms with Gasteiger partial charge in [-0.25, -0.2) is 4.68 Å². The third-order valence-electron chi connectivity index (χ3n) is 4.32. The van der Waals surface area contributed by atoms with Gasteiger partial charge in [-0.3, -0.25) is 0 Å². The standard InChI is InChI=1S/C18H16F3N3O/c19-18(20,21)13-7-1-2-8-14(13)24-17-12(6-3-4-10-22-17)16(23-24)15-9-5-11-25-15/h1-2,5,7-9,11,22H,3-4,6,10H2. The molecule has 3 heterocycles. The molecule has 1 aliphatic rings. The Kier molecular flexibility index (Phi) is 3.78. The van der Waals surface area contributed by atoms with Gasteiger partial charge >= 0.3 is 6.18 Å². The van der Waals surface area contributed by atoms with Gasteiger partial charge in [0.05, 0.1) is 17.5 Å². The highest BCUT2D eigenvalue weighted by Crippen LogP contribution is 2.38. The normalized spacial score (nSPS) is 14.7. The summed E-state index contributed by atoms with van der Waals surface area (Å²) in [6.45, 7) is 0.699. The Hall–Kier alpha value is -2.70. The SMILES string of the molecule is FC(F)(F)c1ccccc1-n1nc(-c2ccco2)c2c1NCCCC2. The number of anilines is 1. The number of para-hydroxylation sites is 1. The molecule has 130 valence electrons. The van der Waals surface area contributed by atoms with Crippen LogP contribution in [0.15, 0.2) is 47.1 Å². The first kappa shape index (κ1) is 15.8. The Labute approximate surface area is 142 Å². The topological polar surface area (TPSA) is 43.0 Å². The van der Waals surface area contributed by atoms with Crippen molar-refractivity contribution < 1.29 is 17.6 Å². The van der Waals surface area contributed by atoms with E-state index < -0.39 is 11.7 Å². The molecule has 2 aromatic heterocycles. The van der Waals surface area contributed by atoms with Crippen LogP contribution in [0.4, 0.5) is 19.0 Å². The average molecular weight is 347 g/mol. The number of aromatic nitrogens is 2. The molecule has 1 aliphatic heterocycles. The Morgan fingerprint density at radius 1 is 1.08 bits per heavy atom. The summed E-state index contributed by atoms with van der Waals surface area (Å²) in [5.74, 6) is 1.17. The molecular weight excluding hydrogens is 331 g/mol. The number of nitrogens with zero attached hydrogens (tertiary/aromatic N) is 2. The molecule has 7 heteroatoms. The lowest BCUT2D eigenvalue weighted by molar-refractivity contribution is -0.137. The van der Waals surface area contributed by atoms with Crippen LogP contribution in [0, 0.1) is 0 Å². The third-order valence-corrected chi connectivity index (χ3v) is 4.32. The number of nitrogens with one attached hydrogen (secondary N) is 1. The number of benzene rings is 1. The molecule has 4 nitrogen and oxygen atoms in total. The van der Waals surface area contributed by atoms with Crippen LogP contribution in [0.2, 0.25) is 0 Å². The number of hydrogen-bond acceptors (Lipinski definition) is 3. The molecule has 0 bridgehead atoms. The van der Waals surface area contributed by atoms with Crippen molar-refractivity contribution in [2.45, 2.75) is 25.4 Å². The van der Waals surface area contributed by atoms with Crippen LogP contribution < -0.4 is 5.32 Å². The van der Waals surface area contributed by atoms with Crippen molar-refractivity contribution in [3.8, 4) is 17.1 Å².